The summed E-state index contributed by atoms with van der Waals surface area (Å²) in [5.41, 5.74) is 3.02. The summed E-state index contributed by atoms with van der Waals surface area (Å²) in [5, 5.41) is 2.95. The second kappa shape index (κ2) is 13.4. The van der Waals surface area contributed by atoms with Crippen molar-refractivity contribution >= 4 is 27.5 Å². The van der Waals surface area contributed by atoms with Crippen LogP contribution in [-0.2, 0) is 26.2 Å². The smallest absolute Gasteiger partial charge is 0.264 e. The number of nitrogens with one attached hydrogen (secondary N) is 1. The highest BCUT2D eigenvalue weighted by Crippen LogP contribution is 2.27. The van der Waals surface area contributed by atoms with Gasteiger partial charge in [-0.25, -0.2) is 8.42 Å². The molecule has 0 unspecified atom stereocenters. The minimum Gasteiger partial charge on any atom is -0.354 e. The first-order chi connectivity index (χ1) is 18.5. The normalized spacial score (nSPS) is 12.2. The van der Waals surface area contributed by atoms with Crippen molar-refractivity contribution in [2.45, 2.75) is 58.5 Å². The number of nitrogens with zero attached hydrogens (tertiary/aromatic N) is 2. The van der Waals surface area contributed by atoms with Crippen molar-refractivity contribution < 1.29 is 18.0 Å². The van der Waals surface area contributed by atoms with Gasteiger partial charge in [-0.1, -0.05) is 75.4 Å². The summed E-state index contributed by atoms with van der Waals surface area (Å²) in [7, 11) is -4.08. The van der Waals surface area contributed by atoms with Gasteiger partial charge in [0.15, 0.2) is 0 Å². The third-order valence-corrected chi connectivity index (χ3v) is 8.16. The van der Waals surface area contributed by atoms with Gasteiger partial charge in [0.2, 0.25) is 11.8 Å². The van der Waals surface area contributed by atoms with Crippen LogP contribution in [0.25, 0.3) is 0 Å². The quantitative estimate of drug-likeness (QED) is 0.341. The van der Waals surface area contributed by atoms with Crippen molar-refractivity contribution in [3.05, 3.63) is 95.6 Å². The Hall–Kier alpha value is -3.65. The molecule has 0 saturated carbocycles. The van der Waals surface area contributed by atoms with Gasteiger partial charge in [0.1, 0.15) is 12.6 Å². The molecule has 0 aliphatic carbocycles. The number of hydrogen-bond donors (Lipinski definition) is 1. The first-order valence-corrected chi connectivity index (χ1v) is 14.7. The zero-order valence-electron chi connectivity index (χ0n) is 23.4. The Morgan fingerprint density at radius 2 is 1.44 bits per heavy atom. The summed E-state index contributed by atoms with van der Waals surface area (Å²) in [4.78, 5) is 28.9. The van der Waals surface area contributed by atoms with Crippen LogP contribution in [0.3, 0.4) is 0 Å². The van der Waals surface area contributed by atoms with E-state index in [4.69, 9.17) is 0 Å². The van der Waals surface area contributed by atoms with Gasteiger partial charge in [-0.05, 0) is 67.1 Å². The number of sulfonamides is 1. The molecule has 1 atom stereocenters. The van der Waals surface area contributed by atoms with E-state index in [0.717, 1.165) is 21.0 Å². The number of rotatable bonds is 12. The molecule has 3 aromatic carbocycles. The molecule has 0 saturated heterocycles. The van der Waals surface area contributed by atoms with E-state index in [9.17, 15) is 18.0 Å². The Balaban J connectivity index is 2.05. The molecule has 3 aromatic rings. The van der Waals surface area contributed by atoms with Crippen molar-refractivity contribution in [1.29, 1.82) is 0 Å². The molecule has 0 aliphatic heterocycles. The van der Waals surface area contributed by atoms with Crippen molar-refractivity contribution in [2.75, 3.05) is 17.4 Å². The lowest BCUT2D eigenvalue weighted by molar-refractivity contribution is -0.140. The van der Waals surface area contributed by atoms with Gasteiger partial charge in [0, 0.05) is 13.1 Å². The molecule has 0 aromatic heterocycles. The minimum absolute atomic E-state index is 0.0910. The third-order valence-electron chi connectivity index (χ3n) is 6.37. The Morgan fingerprint density at radius 3 is 1.97 bits per heavy atom. The van der Waals surface area contributed by atoms with Crippen LogP contribution < -0.4 is 9.62 Å². The fourth-order valence-corrected chi connectivity index (χ4v) is 5.88. The lowest BCUT2D eigenvalue weighted by Crippen LogP contribution is -2.52. The fourth-order valence-electron chi connectivity index (χ4n) is 4.47. The van der Waals surface area contributed by atoms with Crippen LogP contribution in [0.15, 0.2) is 83.8 Å². The summed E-state index contributed by atoms with van der Waals surface area (Å²) in [6.45, 7) is 9.86. The largest absolute Gasteiger partial charge is 0.354 e. The number of amides is 2. The molecule has 0 radical (unpaired) electrons. The van der Waals surface area contributed by atoms with Gasteiger partial charge in [0.05, 0.1) is 10.6 Å². The number of carbonyl (C=O) groups excluding carboxylic acids is 2. The maximum atomic E-state index is 14.1. The van der Waals surface area contributed by atoms with Gasteiger partial charge in [-0.15, -0.1) is 0 Å². The van der Waals surface area contributed by atoms with E-state index in [-0.39, 0.29) is 23.3 Å². The molecule has 1 N–H and O–H groups in total. The van der Waals surface area contributed by atoms with Gasteiger partial charge >= 0.3 is 0 Å². The first-order valence-electron chi connectivity index (χ1n) is 13.3. The molecule has 0 heterocycles. The molecule has 8 heteroatoms. The molecular weight excluding hydrogens is 510 g/mol. The number of anilines is 1. The molecular formula is C31H39N3O4S. The fraction of sp³-hybridized carbons (Fsp3) is 0.355. The maximum absolute atomic E-state index is 14.1. The number of hydrogen-bond acceptors (Lipinski definition) is 4. The van der Waals surface area contributed by atoms with Crippen LogP contribution in [0.1, 0.15) is 43.9 Å². The lowest BCUT2D eigenvalue weighted by Gasteiger charge is -2.33. The third kappa shape index (κ3) is 7.93. The van der Waals surface area contributed by atoms with Gasteiger partial charge in [-0.2, -0.15) is 0 Å². The van der Waals surface area contributed by atoms with E-state index in [1.165, 1.54) is 17.0 Å². The number of aryl methyl sites for hydroxylation is 2. The van der Waals surface area contributed by atoms with Crippen molar-refractivity contribution in [1.82, 2.24) is 10.2 Å². The van der Waals surface area contributed by atoms with Crippen LogP contribution in [-0.4, -0.2) is 44.3 Å². The molecule has 0 spiro atoms. The standard InChI is InChI=1S/C31H39N3O4S/c1-6-29(31(36)32-20-23(2)3)33(21-26-13-9-7-10-14-26)30(35)22-34(27-18-24(4)17-25(5)19-27)39(37,38)28-15-11-8-12-16-28/h7-19,23,29H,6,20-22H2,1-5H3,(H,32,36)/t29-/m0/s1. The summed E-state index contributed by atoms with van der Waals surface area (Å²) >= 11 is 0. The van der Waals surface area contributed by atoms with E-state index >= 15 is 0 Å². The Kier molecular flexibility index (Phi) is 10.3. The number of carbonyl (C=O) groups is 2. The monoisotopic (exact) mass is 549 g/mol. The Labute approximate surface area is 232 Å². The summed E-state index contributed by atoms with van der Waals surface area (Å²) in [5.74, 6) is -0.454. The molecule has 208 valence electrons. The second-order valence-electron chi connectivity index (χ2n) is 10.2. The van der Waals surface area contributed by atoms with E-state index < -0.39 is 28.5 Å². The maximum Gasteiger partial charge on any atom is 0.264 e. The first kappa shape index (κ1) is 29.9. The zero-order valence-corrected chi connectivity index (χ0v) is 24.2. The second-order valence-corrected chi connectivity index (χ2v) is 12.1. The van der Waals surface area contributed by atoms with Gasteiger partial charge in [-0.3, -0.25) is 13.9 Å². The molecule has 2 amide bonds. The minimum atomic E-state index is -4.08. The van der Waals surface area contributed by atoms with E-state index in [1.54, 1.807) is 30.3 Å². The molecule has 0 bridgehead atoms. The lowest BCUT2D eigenvalue weighted by atomic mass is 10.1. The molecule has 3 rings (SSSR count). The van der Waals surface area contributed by atoms with E-state index in [2.05, 4.69) is 5.32 Å². The SMILES string of the molecule is CC[C@@H](C(=O)NCC(C)C)N(Cc1ccccc1)C(=O)CN(c1cc(C)cc(C)c1)S(=O)(=O)c1ccccc1. The zero-order chi connectivity index (χ0) is 28.6. The highest BCUT2D eigenvalue weighted by Gasteiger charge is 2.33. The highest BCUT2D eigenvalue weighted by molar-refractivity contribution is 7.92. The molecule has 39 heavy (non-hydrogen) atoms. The van der Waals surface area contributed by atoms with Crippen molar-refractivity contribution in [2.24, 2.45) is 5.92 Å². The Morgan fingerprint density at radius 1 is 0.872 bits per heavy atom. The van der Waals surface area contributed by atoms with E-state index in [1.807, 2.05) is 71.0 Å². The molecule has 7 nitrogen and oxygen atoms in total. The van der Waals surface area contributed by atoms with E-state index in [0.29, 0.717) is 18.7 Å². The van der Waals surface area contributed by atoms with Crippen LogP contribution in [0.4, 0.5) is 5.69 Å². The highest BCUT2D eigenvalue weighted by atomic mass is 32.2. The van der Waals surface area contributed by atoms with Crippen LogP contribution in [0, 0.1) is 19.8 Å². The van der Waals surface area contributed by atoms with Gasteiger partial charge in [0.25, 0.3) is 10.0 Å². The molecule has 0 aliphatic rings. The van der Waals surface area contributed by atoms with Crippen LogP contribution in [0.2, 0.25) is 0 Å². The topological polar surface area (TPSA) is 86.8 Å². The van der Waals surface area contributed by atoms with Crippen molar-refractivity contribution in [3.8, 4) is 0 Å². The van der Waals surface area contributed by atoms with Crippen LogP contribution in [0.5, 0.6) is 0 Å². The van der Waals surface area contributed by atoms with Crippen LogP contribution >= 0.6 is 0 Å². The average molecular weight is 550 g/mol. The average Bonchev–Trinajstić information content (AvgIpc) is 2.90. The Bertz CT molecular complexity index is 1340. The summed E-state index contributed by atoms with van der Waals surface area (Å²) in [6, 6.07) is 22.2. The molecule has 0 fully saturated rings. The number of benzene rings is 3. The predicted molar refractivity (Wildman–Crippen MR) is 156 cm³/mol. The summed E-state index contributed by atoms with van der Waals surface area (Å²) < 4.78 is 29.0. The predicted octanol–water partition coefficient (Wildman–Crippen LogP) is 5.08. The summed E-state index contributed by atoms with van der Waals surface area (Å²) in [6.07, 6.45) is 0.386. The van der Waals surface area contributed by atoms with Gasteiger partial charge < -0.3 is 10.2 Å². The van der Waals surface area contributed by atoms with Crippen molar-refractivity contribution in [3.63, 3.8) is 0 Å².